The maximum absolute atomic E-state index is 12.6. The van der Waals surface area contributed by atoms with Gasteiger partial charge in [-0.25, -0.2) is 4.79 Å². The van der Waals surface area contributed by atoms with Crippen LogP contribution in [0, 0.1) is 0 Å². The molecule has 1 aromatic heterocycles. The molecular formula is C20H17ClO6. The molecule has 1 aliphatic rings. The number of halogens is 1. The van der Waals surface area contributed by atoms with Gasteiger partial charge in [0.2, 0.25) is 5.76 Å². The van der Waals surface area contributed by atoms with Crippen molar-refractivity contribution in [3.8, 4) is 11.5 Å². The molecule has 7 heteroatoms. The van der Waals surface area contributed by atoms with Gasteiger partial charge in [0.25, 0.3) is 0 Å². The fraction of sp³-hybridized carbons (Fsp3) is 0.250. The lowest BCUT2D eigenvalue weighted by atomic mass is 10.1. The molecule has 0 fully saturated rings. The molecule has 4 rings (SSSR count). The Kier molecular flexibility index (Phi) is 4.92. The van der Waals surface area contributed by atoms with Crippen molar-refractivity contribution in [3.63, 3.8) is 0 Å². The van der Waals surface area contributed by atoms with Crippen LogP contribution in [0.5, 0.6) is 11.5 Å². The standard InChI is InChI=1S/C20H17ClO6/c1-23-11-14-13-4-2-3-5-16(13)27-18(14)20(22)26-10-12-8-15(21)19-17(9-12)24-6-7-25-19/h2-5,8-9H,6-7,10-11H2,1H3. The maximum Gasteiger partial charge on any atom is 0.374 e. The number of ether oxygens (including phenoxy) is 4. The Labute approximate surface area is 160 Å². The van der Waals surface area contributed by atoms with Crippen LogP contribution in [0.15, 0.2) is 40.8 Å². The second kappa shape index (κ2) is 7.50. The molecule has 6 nitrogen and oxygen atoms in total. The van der Waals surface area contributed by atoms with Crippen molar-refractivity contribution in [3.05, 3.63) is 58.3 Å². The molecule has 140 valence electrons. The van der Waals surface area contributed by atoms with Crippen molar-refractivity contribution in [1.29, 1.82) is 0 Å². The number of rotatable bonds is 5. The van der Waals surface area contributed by atoms with Crippen LogP contribution in [0.2, 0.25) is 5.02 Å². The van der Waals surface area contributed by atoms with Gasteiger partial charge in [0.05, 0.1) is 11.6 Å². The summed E-state index contributed by atoms with van der Waals surface area (Å²) in [4.78, 5) is 12.6. The summed E-state index contributed by atoms with van der Waals surface area (Å²) in [6, 6.07) is 10.8. The summed E-state index contributed by atoms with van der Waals surface area (Å²) in [5.74, 6) is 0.632. The van der Waals surface area contributed by atoms with E-state index in [1.165, 1.54) is 0 Å². The van der Waals surface area contributed by atoms with Crippen LogP contribution in [-0.4, -0.2) is 26.3 Å². The van der Waals surface area contributed by atoms with E-state index in [0.29, 0.717) is 46.4 Å². The minimum absolute atomic E-state index is 0.0264. The van der Waals surface area contributed by atoms with Crippen molar-refractivity contribution >= 4 is 28.5 Å². The van der Waals surface area contributed by atoms with Gasteiger partial charge in [-0.3, -0.25) is 0 Å². The maximum atomic E-state index is 12.6. The van der Waals surface area contributed by atoms with Crippen LogP contribution in [0.3, 0.4) is 0 Å². The molecule has 0 amide bonds. The van der Waals surface area contributed by atoms with Crippen LogP contribution in [0.1, 0.15) is 21.7 Å². The quantitative estimate of drug-likeness (QED) is 0.605. The number of fused-ring (bicyclic) bond motifs is 2. The molecular weight excluding hydrogens is 372 g/mol. The highest BCUT2D eigenvalue weighted by molar-refractivity contribution is 6.32. The number of para-hydroxylation sites is 1. The second-order valence-corrected chi connectivity index (χ2v) is 6.42. The van der Waals surface area contributed by atoms with Gasteiger partial charge in [0.15, 0.2) is 11.5 Å². The van der Waals surface area contributed by atoms with Gasteiger partial charge in [-0.2, -0.15) is 0 Å². The Balaban J connectivity index is 1.56. The summed E-state index contributed by atoms with van der Waals surface area (Å²) in [5.41, 5.74) is 1.97. The third-order valence-corrected chi connectivity index (χ3v) is 4.48. The number of furan rings is 1. The van der Waals surface area contributed by atoms with E-state index in [1.807, 2.05) is 18.2 Å². The Bertz CT molecular complexity index is 994. The topological polar surface area (TPSA) is 67.1 Å². The van der Waals surface area contributed by atoms with Gasteiger partial charge in [0, 0.05) is 18.1 Å². The third kappa shape index (κ3) is 3.46. The van der Waals surface area contributed by atoms with Gasteiger partial charge in [-0.05, 0) is 23.8 Å². The summed E-state index contributed by atoms with van der Waals surface area (Å²) in [7, 11) is 1.56. The van der Waals surface area contributed by atoms with Gasteiger partial charge in [-0.15, -0.1) is 0 Å². The van der Waals surface area contributed by atoms with Crippen LogP contribution >= 0.6 is 11.6 Å². The monoisotopic (exact) mass is 388 g/mol. The number of carbonyl (C=O) groups excluding carboxylic acids is 1. The lowest BCUT2D eigenvalue weighted by molar-refractivity contribution is 0.0432. The molecule has 0 unspecified atom stereocenters. The predicted molar refractivity (Wildman–Crippen MR) is 98.5 cm³/mol. The van der Waals surface area contributed by atoms with E-state index in [9.17, 15) is 4.79 Å². The van der Waals surface area contributed by atoms with Gasteiger partial charge >= 0.3 is 5.97 Å². The fourth-order valence-corrected chi connectivity index (χ4v) is 3.30. The zero-order chi connectivity index (χ0) is 18.8. The largest absolute Gasteiger partial charge is 0.486 e. The molecule has 2 aromatic carbocycles. The first-order valence-electron chi connectivity index (χ1n) is 8.42. The predicted octanol–water partition coefficient (Wildman–Crippen LogP) is 4.36. The highest BCUT2D eigenvalue weighted by Gasteiger charge is 2.22. The molecule has 0 spiro atoms. The Morgan fingerprint density at radius 2 is 1.96 bits per heavy atom. The van der Waals surface area contributed by atoms with Crippen LogP contribution in [-0.2, 0) is 22.7 Å². The average Bonchev–Trinajstić information content (AvgIpc) is 3.05. The van der Waals surface area contributed by atoms with Crippen molar-refractivity contribution in [2.75, 3.05) is 20.3 Å². The van der Waals surface area contributed by atoms with E-state index in [-0.39, 0.29) is 19.0 Å². The molecule has 1 aliphatic heterocycles. The van der Waals surface area contributed by atoms with E-state index in [2.05, 4.69) is 0 Å². The van der Waals surface area contributed by atoms with Crippen LogP contribution in [0.4, 0.5) is 0 Å². The number of methoxy groups -OCH3 is 1. The number of benzene rings is 2. The first-order valence-corrected chi connectivity index (χ1v) is 8.79. The summed E-state index contributed by atoms with van der Waals surface area (Å²) >= 11 is 6.22. The summed E-state index contributed by atoms with van der Waals surface area (Å²) in [5, 5.41) is 1.25. The van der Waals surface area contributed by atoms with Crippen LogP contribution in [0.25, 0.3) is 11.0 Å². The molecule has 0 bridgehead atoms. The number of hydrogen-bond donors (Lipinski definition) is 0. The summed E-state index contributed by atoms with van der Waals surface area (Å²) in [6.45, 7) is 1.18. The highest BCUT2D eigenvalue weighted by atomic mass is 35.5. The molecule has 0 saturated carbocycles. The Hall–Kier alpha value is -2.70. The van der Waals surface area contributed by atoms with Crippen molar-refractivity contribution in [1.82, 2.24) is 0 Å². The van der Waals surface area contributed by atoms with Crippen molar-refractivity contribution in [2.24, 2.45) is 0 Å². The molecule has 0 atom stereocenters. The minimum atomic E-state index is -0.565. The first kappa shape index (κ1) is 17.7. The van der Waals surface area contributed by atoms with E-state index < -0.39 is 5.97 Å². The SMILES string of the molecule is COCc1c(C(=O)OCc2cc(Cl)c3c(c2)OCCO3)oc2ccccc12. The van der Waals surface area contributed by atoms with Gasteiger partial charge in [0.1, 0.15) is 25.4 Å². The smallest absolute Gasteiger partial charge is 0.374 e. The van der Waals surface area contributed by atoms with Gasteiger partial charge in [-0.1, -0.05) is 29.8 Å². The fourth-order valence-electron chi connectivity index (χ4n) is 3.01. The number of esters is 1. The lowest BCUT2D eigenvalue weighted by Crippen LogP contribution is -2.16. The Morgan fingerprint density at radius 3 is 2.81 bits per heavy atom. The molecule has 0 aliphatic carbocycles. The van der Waals surface area contributed by atoms with E-state index in [1.54, 1.807) is 25.3 Å². The number of hydrogen-bond acceptors (Lipinski definition) is 6. The molecule has 27 heavy (non-hydrogen) atoms. The third-order valence-electron chi connectivity index (χ3n) is 4.20. The van der Waals surface area contributed by atoms with E-state index >= 15 is 0 Å². The van der Waals surface area contributed by atoms with E-state index in [4.69, 9.17) is 35.0 Å². The minimum Gasteiger partial charge on any atom is -0.486 e. The Morgan fingerprint density at radius 1 is 1.15 bits per heavy atom. The zero-order valence-electron chi connectivity index (χ0n) is 14.6. The van der Waals surface area contributed by atoms with Crippen LogP contribution < -0.4 is 9.47 Å². The highest BCUT2D eigenvalue weighted by Crippen LogP contribution is 2.38. The first-order chi connectivity index (χ1) is 13.2. The molecule has 0 N–H and O–H groups in total. The lowest BCUT2D eigenvalue weighted by Gasteiger charge is -2.20. The normalized spacial score (nSPS) is 13.0. The second-order valence-electron chi connectivity index (χ2n) is 6.02. The zero-order valence-corrected chi connectivity index (χ0v) is 15.4. The summed E-state index contributed by atoms with van der Waals surface area (Å²) < 4.78 is 27.4. The number of carbonyl (C=O) groups is 1. The molecule has 3 aromatic rings. The molecule has 0 saturated heterocycles. The van der Waals surface area contributed by atoms with E-state index in [0.717, 1.165) is 5.39 Å². The average molecular weight is 389 g/mol. The molecule has 0 radical (unpaired) electrons. The molecule has 2 heterocycles. The summed E-state index contributed by atoms with van der Waals surface area (Å²) in [6.07, 6.45) is 0. The van der Waals surface area contributed by atoms with Crippen molar-refractivity contribution < 1.29 is 28.2 Å². The van der Waals surface area contributed by atoms with Crippen molar-refractivity contribution in [2.45, 2.75) is 13.2 Å². The van der Waals surface area contributed by atoms with Gasteiger partial charge < -0.3 is 23.4 Å².